The number of ether oxygens (including phenoxy) is 1. The van der Waals surface area contributed by atoms with Crippen molar-refractivity contribution in [1.29, 1.82) is 0 Å². The SMILES string of the molecule is COc1ncnc2c1ncn2[C@H]1CCC[C@@H]1CCO. The highest BCUT2D eigenvalue weighted by atomic mass is 16.5. The van der Waals surface area contributed by atoms with E-state index in [4.69, 9.17) is 9.84 Å². The minimum absolute atomic E-state index is 0.242. The third-order valence-electron chi connectivity index (χ3n) is 3.99. The lowest BCUT2D eigenvalue weighted by Gasteiger charge is -2.20. The molecule has 2 aromatic rings. The molecule has 0 aliphatic heterocycles. The van der Waals surface area contributed by atoms with Gasteiger partial charge in [0.05, 0.1) is 13.4 Å². The smallest absolute Gasteiger partial charge is 0.245 e. The van der Waals surface area contributed by atoms with Crippen molar-refractivity contribution in [1.82, 2.24) is 19.5 Å². The van der Waals surface area contributed by atoms with E-state index >= 15 is 0 Å². The Balaban J connectivity index is 2.01. The summed E-state index contributed by atoms with van der Waals surface area (Å²) >= 11 is 0. The van der Waals surface area contributed by atoms with Gasteiger partial charge in [0.15, 0.2) is 11.2 Å². The Labute approximate surface area is 111 Å². The Morgan fingerprint density at radius 1 is 1.37 bits per heavy atom. The van der Waals surface area contributed by atoms with Gasteiger partial charge in [-0.3, -0.25) is 0 Å². The molecule has 2 atom stereocenters. The van der Waals surface area contributed by atoms with E-state index in [1.54, 1.807) is 7.11 Å². The standard InChI is InChI=1S/C13H18N4O2/c1-19-13-11-12(14-7-15-13)17(8-16-11)10-4-2-3-9(10)5-6-18/h7-10,18H,2-6H2,1H3/t9-,10+/m1/s1. The molecule has 0 unspecified atom stereocenters. The van der Waals surface area contributed by atoms with Crippen molar-refractivity contribution in [2.45, 2.75) is 31.7 Å². The molecule has 1 fully saturated rings. The molecule has 2 aromatic heterocycles. The summed E-state index contributed by atoms with van der Waals surface area (Å²) in [4.78, 5) is 12.8. The summed E-state index contributed by atoms with van der Waals surface area (Å²) in [5.41, 5.74) is 1.53. The van der Waals surface area contributed by atoms with Crippen LogP contribution in [-0.2, 0) is 0 Å². The van der Waals surface area contributed by atoms with Gasteiger partial charge in [-0.25, -0.2) is 9.97 Å². The Morgan fingerprint density at radius 3 is 3.05 bits per heavy atom. The minimum atomic E-state index is 0.242. The van der Waals surface area contributed by atoms with Gasteiger partial charge < -0.3 is 14.4 Å². The zero-order chi connectivity index (χ0) is 13.2. The Bertz CT molecular complexity index is 569. The molecule has 6 heteroatoms. The second kappa shape index (κ2) is 5.13. The first-order valence-electron chi connectivity index (χ1n) is 6.67. The van der Waals surface area contributed by atoms with Crippen LogP contribution in [0.15, 0.2) is 12.7 Å². The van der Waals surface area contributed by atoms with Gasteiger partial charge in [0.1, 0.15) is 6.33 Å². The van der Waals surface area contributed by atoms with Crippen molar-refractivity contribution in [3.05, 3.63) is 12.7 Å². The molecule has 6 nitrogen and oxygen atoms in total. The van der Waals surface area contributed by atoms with Crippen molar-refractivity contribution in [2.75, 3.05) is 13.7 Å². The number of hydrogen-bond donors (Lipinski definition) is 1. The van der Waals surface area contributed by atoms with Crippen molar-refractivity contribution in [3.63, 3.8) is 0 Å². The third-order valence-corrected chi connectivity index (χ3v) is 3.99. The molecule has 1 aliphatic carbocycles. The lowest BCUT2D eigenvalue weighted by Crippen LogP contribution is -2.15. The maximum atomic E-state index is 9.17. The quantitative estimate of drug-likeness (QED) is 0.905. The van der Waals surface area contributed by atoms with Crippen LogP contribution in [0.1, 0.15) is 31.7 Å². The van der Waals surface area contributed by atoms with Crippen LogP contribution in [0.25, 0.3) is 11.2 Å². The molecule has 102 valence electrons. The molecule has 0 bridgehead atoms. The normalized spacial score (nSPS) is 23.1. The number of aromatic nitrogens is 4. The van der Waals surface area contributed by atoms with E-state index in [0.29, 0.717) is 23.4 Å². The van der Waals surface area contributed by atoms with Crippen LogP contribution in [0.2, 0.25) is 0 Å². The first-order valence-corrected chi connectivity index (χ1v) is 6.67. The third kappa shape index (κ3) is 2.06. The highest BCUT2D eigenvalue weighted by molar-refractivity contribution is 5.76. The van der Waals surface area contributed by atoms with Gasteiger partial charge in [0.25, 0.3) is 0 Å². The molecule has 0 radical (unpaired) electrons. The van der Waals surface area contributed by atoms with E-state index in [9.17, 15) is 0 Å². The summed E-state index contributed by atoms with van der Waals surface area (Å²) < 4.78 is 7.33. The van der Waals surface area contributed by atoms with Crippen LogP contribution in [-0.4, -0.2) is 38.3 Å². The zero-order valence-electron chi connectivity index (χ0n) is 11.0. The second-order valence-corrected chi connectivity index (χ2v) is 4.98. The maximum absolute atomic E-state index is 9.17. The largest absolute Gasteiger partial charge is 0.479 e. The van der Waals surface area contributed by atoms with E-state index in [0.717, 1.165) is 24.9 Å². The first-order chi connectivity index (χ1) is 9.35. The van der Waals surface area contributed by atoms with Gasteiger partial charge in [-0.05, 0) is 25.2 Å². The zero-order valence-corrected chi connectivity index (χ0v) is 11.0. The molecular formula is C13H18N4O2. The number of imidazole rings is 1. The molecule has 0 saturated heterocycles. The van der Waals surface area contributed by atoms with Crippen molar-refractivity contribution >= 4 is 11.2 Å². The van der Waals surface area contributed by atoms with Crippen LogP contribution < -0.4 is 4.74 Å². The Kier molecular flexibility index (Phi) is 3.33. The summed E-state index contributed by atoms with van der Waals surface area (Å²) in [6.45, 7) is 0.242. The first kappa shape index (κ1) is 12.3. The predicted molar refractivity (Wildman–Crippen MR) is 70.0 cm³/mol. The van der Waals surface area contributed by atoms with Crippen molar-refractivity contribution in [2.24, 2.45) is 5.92 Å². The summed E-state index contributed by atoms with van der Waals surface area (Å²) in [6, 6.07) is 0.372. The second-order valence-electron chi connectivity index (χ2n) is 4.98. The molecule has 0 spiro atoms. The van der Waals surface area contributed by atoms with E-state index in [1.807, 2.05) is 6.33 Å². The van der Waals surface area contributed by atoms with Gasteiger partial charge >= 0.3 is 0 Å². The Morgan fingerprint density at radius 2 is 2.26 bits per heavy atom. The van der Waals surface area contributed by atoms with E-state index in [2.05, 4.69) is 19.5 Å². The molecule has 1 saturated carbocycles. The van der Waals surface area contributed by atoms with Crippen LogP contribution >= 0.6 is 0 Å². The predicted octanol–water partition coefficient (Wildman–Crippen LogP) is 1.56. The molecule has 0 aromatic carbocycles. The summed E-state index contributed by atoms with van der Waals surface area (Å²) in [5, 5.41) is 9.17. The summed E-state index contributed by atoms with van der Waals surface area (Å²) in [6.07, 6.45) is 7.64. The number of aliphatic hydroxyl groups excluding tert-OH is 1. The van der Waals surface area contributed by atoms with E-state index in [1.165, 1.54) is 12.7 Å². The fraction of sp³-hybridized carbons (Fsp3) is 0.615. The fourth-order valence-electron chi connectivity index (χ4n) is 3.11. The van der Waals surface area contributed by atoms with Crippen LogP contribution in [0.3, 0.4) is 0 Å². The molecule has 2 heterocycles. The number of nitrogens with zero attached hydrogens (tertiary/aromatic N) is 4. The average Bonchev–Trinajstić information content (AvgIpc) is 3.04. The molecule has 3 rings (SSSR count). The van der Waals surface area contributed by atoms with Gasteiger partial charge in [-0.1, -0.05) is 6.42 Å². The summed E-state index contributed by atoms with van der Waals surface area (Å²) in [5.74, 6) is 1.02. The highest BCUT2D eigenvalue weighted by Gasteiger charge is 2.29. The van der Waals surface area contributed by atoms with Crippen LogP contribution in [0.5, 0.6) is 5.88 Å². The van der Waals surface area contributed by atoms with Gasteiger partial charge in [-0.2, -0.15) is 4.98 Å². The molecule has 19 heavy (non-hydrogen) atoms. The number of fused-ring (bicyclic) bond motifs is 1. The monoisotopic (exact) mass is 262 g/mol. The van der Waals surface area contributed by atoms with Crippen molar-refractivity contribution < 1.29 is 9.84 Å². The molecular weight excluding hydrogens is 244 g/mol. The van der Waals surface area contributed by atoms with Gasteiger partial charge in [0, 0.05) is 12.6 Å². The van der Waals surface area contributed by atoms with E-state index in [-0.39, 0.29) is 6.61 Å². The molecule has 1 aliphatic rings. The van der Waals surface area contributed by atoms with Crippen LogP contribution in [0, 0.1) is 5.92 Å². The minimum Gasteiger partial charge on any atom is -0.479 e. The maximum Gasteiger partial charge on any atom is 0.245 e. The Hall–Kier alpha value is -1.69. The van der Waals surface area contributed by atoms with E-state index < -0.39 is 0 Å². The van der Waals surface area contributed by atoms with Crippen LogP contribution in [0.4, 0.5) is 0 Å². The van der Waals surface area contributed by atoms with Gasteiger partial charge in [-0.15, -0.1) is 0 Å². The average molecular weight is 262 g/mol. The number of methoxy groups -OCH3 is 1. The molecule has 0 amide bonds. The number of rotatable bonds is 4. The molecule has 1 N–H and O–H groups in total. The summed E-state index contributed by atoms with van der Waals surface area (Å²) in [7, 11) is 1.59. The topological polar surface area (TPSA) is 73.1 Å². The lowest BCUT2D eigenvalue weighted by molar-refractivity contribution is 0.236. The number of aliphatic hydroxyl groups is 1. The fourth-order valence-corrected chi connectivity index (χ4v) is 3.11. The number of hydrogen-bond acceptors (Lipinski definition) is 5. The highest BCUT2D eigenvalue weighted by Crippen LogP contribution is 2.39. The van der Waals surface area contributed by atoms with Crippen molar-refractivity contribution in [3.8, 4) is 5.88 Å². The lowest BCUT2D eigenvalue weighted by atomic mass is 10.00. The van der Waals surface area contributed by atoms with Gasteiger partial charge in [0.2, 0.25) is 5.88 Å².